The van der Waals surface area contributed by atoms with E-state index in [2.05, 4.69) is 0 Å². The smallest absolute Gasteiger partial charge is 0.416 e. The molecule has 0 radical (unpaired) electrons. The monoisotopic (exact) mass is 647 g/mol. The number of alkyl halides is 3. The number of aliphatic carboxylic acids is 1. The van der Waals surface area contributed by atoms with Crippen LogP contribution in [-0.4, -0.2) is 35.2 Å². The van der Waals surface area contributed by atoms with Gasteiger partial charge in [-0.05, 0) is 96.6 Å². The number of methoxy groups -OCH3 is 1. The fraction of sp³-hybridized carbons (Fsp3) is 0.273. The lowest BCUT2D eigenvalue weighted by molar-refractivity contribution is -0.138. The number of allylic oxidation sites excluding steroid dienone is 3. The van der Waals surface area contributed by atoms with Gasteiger partial charge in [0.1, 0.15) is 11.9 Å². The molecule has 0 spiro atoms. The molecular formula is C33H30Cl2F3NO5. The number of carboxylic acid groups (broad SMARTS) is 1. The van der Waals surface area contributed by atoms with Gasteiger partial charge in [0.25, 0.3) is 0 Å². The minimum absolute atomic E-state index is 0.165. The Balaban J connectivity index is 1.80. The molecule has 1 heterocycles. The van der Waals surface area contributed by atoms with Crippen molar-refractivity contribution >= 4 is 40.8 Å². The number of halogens is 5. The number of carboxylic acids is 1. The van der Waals surface area contributed by atoms with Gasteiger partial charge in [0.2, 0.25) is 0 Å². The van der Waals surface area contributed by atoms with Crippen molar-refractivity contribution in [2.24, 2.45) is 0 Å². The van der Waals surface area contributed by atoms with Crippen LogP contribution in [0.1, 0.15) is 55.5 Å². The summed E-state index contributed by atoms with van der Waals surface area (Å²) >= 11 is 12.3. The van der Waals surface area contributed by atoms with Crippen molar-refractivity contribution < 1.29 is 37.3 Å². The van der Waals surface area contributed by atoms with Gasteiger partial charge < -0.3 is 14.6 Å². The first-order valence-corrected chi connectivity index (χ1v) is 14.4. The summed E-state index contributed by atoms with van der Waals surface area (Å²) < 4.78 is 52.9. The quantitative estimate of drug-likeness (QED) is 0.234. The molecule has 1 fully saturated rings. The van der Waals surface area contributed by atoms with E-state index in [-0.39, 0.29) is 18.5 Å². The second-order valence-electron chi connectivity index (χ2n) is 10.3. The topological polar surface area (TPSA) is 76.1 Å². The number of cyclic esters (lactones) is 1. The maximum absolute atomic E-state index is 13.9. The van der Waals surface area contributed by atoms with Crippen LogP contribution in [0, 0.1) is 0 Å². The molecule has 232 valence electrons. The summed E-state index contributed by atoms with van der Waals surface area (Å²) in [5.74, 6) is -0.569. The molecule has 1 aliphatic heterocycles. The first-order valence-electron chi connectivity index (χ1n) is 13.6. The highest BCUT2D eigenvalue weighted by molar-refractivity contribution is 6.34. The lowest BCUT2D eigenvalue weighted by Gasteiger charge is -2.24. The van der Waals surface area contributed by atoms with Gasteiger partial charge in [-0.3, -0.25) is 9.69 Å². The Morgan fingerprint density at radius 2 is 1.75 bits per heavy atom. The predicted octanol–water partition coefficient (Wildman–Crippen LogP) is 9.59. The average molecular weight is 649 g/mol. The summed E-state index contributed by atoms with van der Waals surface area (Å²) in [4.78, 5) is 25.6. The molecule has 1 aliphatic rings. The molecule has 0 bridgehead atoms. The molecule has 1 amide bonds. The fourth-order valence-corrected chi connectivity index (χ4v) is 5.85. The molecule has 3 aromatic carbocycles. The van der Waals surface area contributed by atoms with Crippen LogP contribution >= 0.6 is 23.2 Å². The number of hydrogen-bond donors (Lipinski definition) is 1. The first-order chi connectivity index (χ1) is 20.7. The standard InChI is InChI=1S/C33H30Cl2F3NO5/c1-5-26(18(2)6-11-30(40)41)20-7-10-29(43-4)28(15-20)27-9-8-23(33(36,37)38)12-22(27)17-39-19(3)31(44-32(39)42)21-13-24(34)16-25(35)14-21/h5-10,12-16,19,31H,11,17H2,1-4H3,(H,40,41)/b18-6-,26-5+/t19-,31-/m0/s1. The Labute approximate surface area is 263 Å². The molecule has 11 heteroatoms. The van der Waals surface area contributed by atoms with Gasteiger partial charge in [-0.2, -0.15) is 13.2 Å². The number of hydrogen-bond acceptors (Lipinski definition) is 4. The number of rotatable bonds is 9. The van der Waals surface area contributed by atoms with E-state index in [9.17, 15) is 22.8 Å². The lowest BCUT2D eigenvalue weighted by Crippen LogP contribution is -2.31. The van der Waals surface area contributed by atoms with Crippen molar-refractivity contribution in [2.45, 2.75) is 52.1 Å². The van der Waals surface area contributed by atoms with Gasteiger partial charge in [0.05, 0.1) is 31.7 Å². The molecule has 0 aliphatic carbocycles. The van der Waals surface area contributed by atoms with Crippen molar-refractivity contribution in [1.82, 2.24) is 4.90 Å². The number of benzene rings is 3. The molecule has 2 atom stereocenters. The maximum Gasteiger partial charge on any atom is 0.416 e. The molecule has 6 nitrogen and oxygen atoms in total. The third kappa shape index (κ3) is 7.22. The fourth-order valence-electron chi connectivity index (χ4n) is 5.30. The normalized spacial score (nSPS) is 17.6. The zero-order valence-corrected chi connectivity index (χ0v) is 25.8. The highest BCUT2D eigenvalue weighted by Gasteiger charge is 2.41. The van der Waals surface area contributed by atoms with Crippen LogP contribution in [-0.2, 0) is 22.3 Å². The van der Waals surface area contributed by atoms with Crippen LogP contribution in [0.5, 0.6) is 5.75 Å². The Morgan fingerprint density at radius 1 is 1.07 bits per heavy atom. The van der Waals surface area contributed by atoms with Crippen molar-refractivity contribution in [3.05, 3.63) is 105 Å². The average Bonchev–Trinajstić information content (AvgIpc) is 3.24. The number of amides is 1. The largest absolute Gasteiger partial charge is 0.496 e. The van der Waals surface area contributed by atoms with Crippen LogP contribution in [0.15, 0.2) is 72.3 Å². The van der Waals surface area contributed by atoms with Crippen LogP contribution in [0.3, 0.4) is 0 Å². The van der Waals surface area contributed by atoms with Crippen LogP contribution in [0.25, 0.3) is 16.7 Å². The Morgan fingerprint density at radius 3 is 2.34 bits per heavy atom. The third-order valence-electron chi connectivity index (χ3n) is 7.48. The molecule has 1 N–H and O–H groups in total. The van der Waals surface area contributed by atoms with E-state index in [4.69, 9.17) is 37.8 Å². The third-order valence-corrected chi connectivity index (χ3v) is 7.91. The van der Waals surface area contributed by atoms with Gasteiger partial charge in [0, 0.05) is 15.6 Å². The van der Waals surface area contributed by atoms with Gasteiger partial charge in [-0.25, -0.2) is 4.79 Å². The van der Waals surface area contributed by atoms with E-state index < -0.39 is 35.9 Å². The zero-order chi connectivity index (χ0) is 32.3. The molecule has 0 saturated carbocycles. The van der Waals surface area contributed by atoms with Crippen molar-refractivity contribution in [3.63, 3.8) is 0 Å². The number of nitrogens with zero attached hydrogens (tertiary/aromatic N) is 1. The SMILES string of the molecule is C/C=C(\C(C)=C/CC(=O)O)c1ccc(OC)c(-c2ccc(C(F)(F)F)cc2CN2C(=O)O[C@H](c3cc(Cl)cc(Cl)c3)[C@@H]2C)c1. The maximum atomic E-state index is 13.9. The first kappa shape index (κ1) is 33.0. The van der Waals surface area contributed by atoms with E-state index in [1.54, 1.807) is 56.3 Å². The van der Waals surface area contributed by atoms with Gasteiger partial charge in [-0.1, -0.05) is 47.5 Å². The van der Waals surface area contributed by atoms with Crippen molar-refractivity contribution in [3.8, 4) is 16.9 Å². The minimum Gasteiger partial charge on any atom is -0.496 e. The summed E-state index contributed by atoms with van der Waals surface area (Å²) in [6, 6.07) is 12.9. The summed E-state index contributed by atoms with van der Waals surface area (Å²) in [7, 11) is 1.46. The summed E-state index contributed by atoms with van der Waals surface area (Å²) in [5.41, 5.74) is 3.03. The van der Waals surface area contributed by atoms with E-state index >= 15 is 0 Å². The molecular weight excluding hydrogens is 618 g/mol. The zero-order valence-electron chi connectivity index (χ0n) is 24.3. The summed E-state index contributed by atoms with van der Waals surface area (Å²) in [5, 5.41) is 9.82. The molecule has 0 unspecified atom stereocenters. The van der Waals surface area contributed by atoms with E-state index in [1.165, 1.54) is 18.1 Å². The van der Waals surface area contributed by atoms with Gasteiger partial charge >= 0.3 is 18.2 Å². The predicted molar refractivity (Wildman–Crippen MR) is 164 cm³/mol. The number of ether oxygens (including phenoxy) is 2. The summed E-state index contributed by atoms with van der Waals surface area (Å²) in [6.45, 7) is 5.15. The lowest BCUT2D eigenvalue weighted by atomic mass is 9.91. The molecule has 44 heavy (non-hydrogen) atoms. The van der Waals surface area contributed by atoms with E-state index in [0.29, 0.717) is 38.0 Å². The Bertz CT molecular complexity index is 1630. The highest BCUT2D eigenvalue weighted by atomic mass is 35.5. The Kier molecular flexibility index (Phi) is 10.0. The van der Waals surface area contributed by atoms with Crippen LogP contribution < -0.4 is 4.74 Å². The van der Waals surface area contributed by atoms with Crippen LogP contribution in [0.2, 0.25) is 10.0 Å². The molecule has 3 aromatic rings. The Hall–Kier alpha value is -3.95. The van der Waals surface area contributed by atoms with E-state index in [0.717, 1.165) is 23.3 Å². The van der Waals surface area contributed by atoms with Crippen LogP contribution in [0.4, 0.5) is 18.0 Å². The number of carbonyl (C=O) groups is 2. The number of carbonyl (C=O) groups excluding carboxylic acids is 1. The minimum atomic E-state index is -4.62. The summed E-state index contributed by atoms with van der Waals surface area (Å²) in [6.07, 6.45) is -2.81. The van der Waals surface area contributed by atoms with Crippen molar-refractivity contribution in [1.29, 1.82) is 0 Å². The van der Waals surface area contributed by atoms with Crippen molar-refractivity contribution in [2.75, 3.05) is 7.11 Å². The van der Waals surface area contributed by atoms with Gasteiger partial charge in [0.15, 0.2) is 0 Å². The second-order valence-corrected chi connectivity index (χ2v) is 11.2. The molecule has 1 saturated heterocycles. The highest BCUT2D eigenvalue weighted by Crippen LogP contribution is 2.41. The second kappa shape index (κ2) is 13.4. The van der Waals surface area contributed by atoms with Gasteiger partial charge in [-0.15, -0.1) is 0 Å². The molecule has 4 rings (SSSR count). The molecule has 0 aromatic heterocycles. The van der Waals surface area contributed by atoms with E-state index in [1.807, 2.05) is 13.0 Å².